The fraction of sp³-hybridized carbons (Fsp3) is 0.0526. The Balaban J connectivity index is 1.61. The lowest BCUT2D eigenvalue weighted by atomic mass is 10.1. The summed E-state index contributed by atoms with van der Waals surface area (Å²) < 4.78 is 0. The van der Waals surface area contributed by atoms with Crippen LogP contribution in [0.4, 0.5) is 5.13 Å². The zero-order chi connectivity index (χ0) is 17.6. The largest absolute Gasteiger partial charge is 0.298 e. The van der Waals surface area contributed by atoms with Crippen LogP contribution in [-0.2, 0) is 11.2 Å². The SMILES string of the molecule is O=C(C=Cc1cccc(Cl)c1)Nc1ncc(Cc2ccccc2Cl)s1. The number of carbonyl (C=O) groups is 1. The van der Waals surface area contributed by atoms with Gasteiger partial charge in [0.05, 0.1) is 0 Å². The smallest absolute Gasteiger partial charge is 0.250 e. The van der Waals surface area contributed by atoms with Gasteiger partial charge in [0, 0.05) is 33.6 Å². The van der Waals surface area contributed by atoms with Crippen molar-refractivity contribution in [3.05, 3.63) is 86.9 Å². The van der Waals surface area contributed by atoms with Crippen LogP contribution in [0.5, 0.6) is 0 Å². The Labute approximate surface area is 159 Å². The number of hydrogen-bond acceptors (Lipinski definition) is 3. The van der Waals surface area contributed by atoms with Crippen molar-refractivity contribution in [3.8, 4) is 0 Å². The van der Waals surface area contributed by atoms with Crippen LogP contribution in [0.2, 0.25) is 10.0 Å². The summed E-state index contributed by atoms with van der Waals surface area (Å²) in [6, 6.07) is 15.0. The van der Waals surface area contributed by atoms with Crippen LogP contribution in [0.1, 0.15) is 16.0 Å². The van der Waals surface area contributed by atoms with Gasteiger partial charge >= 0.3 is 0 Å². The van der Waals surface area contributed by atoms with Crippen LogP contribution < -0.4 is 5.32 Å². The number of carbonyl (C=O) groups excluding carboxylic acids is 1. The number of hydrogen-bond donors (Lipinski definition) is 1. The quantitative estimate of drug-likeness (QED) is 0.570. The van der Waals surface area contributed by atoms with Crippen molar-refractivity contribution < 1.29 is 4.79 Å². The second-order valence-corrected chi connectivity index (χ2v) is 7.24. The van der Waals surface area contributed by atoms with E-state index in [0.717, 1.165) is 21.0 Å². The molecular weight excluding hydrogens is 375 g/mol. The van der Waals surface area contributed by atoms with Gasteiger partial charge in [-0.05, 0) is 35.4 Å². The van der Waals surface area contributed by atoms with Crippen molar-refractivity contribution in [1.29, 1.82) is 0 Å². The zero-order valence-electron chi connectivity index (χ0n) is 13.1. The first-order valence-electron chi connectivity index (χ1n) is 7.53. The van der Waals surface area contributed by atoms with Gasteiger partial charge in [-0.25, -0.2) is 4.98 Å². The van der Waals surface area contributed by atoms with Gasteiger partial charge in [-0.15, -0.1) is 11.3 Å². The lowest BCUT2D eigenvalue weighted by Gasteiger charge is -2.00. The van der Waals surface area contributed by atoms with Crippen molar-refractivity contribution >= 4 is 51.7 Å². The highest BCUT2D eigenvalue weighted by molar-refractivity contribution is 7.15. The first kappa shape index (κ1) is 17.7. The van der Waals surface area contributed by atoms with Gasteiger partial charge in [0.1, 0.15) is 0 Å². The van der Waals surface area contributed by atoms with Gasteiger partial charge in [-0.1, -0.05) is 53.5 Å². The zero-order valence-corrected chi connectivity index (χ0v) is 15.4. The Morgan fingerprint density at radius 2 is 2.00 bits per heavy atom. The van der Waals surface area contributed by atoms with E-state index in [9.17, 15) is 4.79 Å². The van der Waals surface area contributed by atoms with Crippen molar-refractivity contribution in [2.45, 2.75) is 6.42 Å². The predicted octanol–water partition coefficient (Wildman–Crippen LogP) is 5.69. The predicted molar refractivity (Wildman–Crippen MR) is 105 cm³/mol. The minimum atomic E-state index is -0.237. The molecule has 0 aliphatic rings. The molecule has 25 heavy (non-hydrogen) atoms. The molecule has 0 spiro atoms. The second-order valence-electron chi connectivity index (χ2n) is 5.28. The molecule has 126 valence electrons. The minimum absolute atomic E-state index is 0.237. The van der Waals surface area contributed by atoms with E-state index in [1.165, 1.54) is 17.4 Å². The first-order chi connectivity index (χ1) is 12.1. The van der Waals surface area contributed by atoms with E-state index in [1.807, 2.05) is 36.4 Å². The maximum Gasteiger partial charge on any atom is 0.250 e. The number of thiazole rings is 1. The molecule has 3 aromatic rings. The molecule has 3 nitrogen and oxygen atoms in total. The van der Waals surface area contributed by atoms with Crippen LogP contribution in [0.3, 0.4) is 0 Å². The molecule has 1 N–H and O–H groups in total. The minimum Gasteiger partial charge on any atom is -0.298 e. The van der Waals surface area contributed by atoms with Crippen LogP contribution in [0.25, 0.3) is 6.08 Å². The van der Waals surface area contributed by atoms with Crippen LogP contribution >= 0.6 is 34.5 Å². The average molecular weight is 389 g/mol. The monoisotopic (exact) mass is 388 g/mol. The number of aromatic nitrogens is 1. The fourth-order valence-electron chi connectivity index (χ4n) is 2.21. The molecule has 0 saturated heterocycles. The maximum atomic E-state index is 12.0. The number of nitrogens with one attached hydrogen (secondary N) is 1. The van der Waals surface area contributed by atoms with E-state index in [4.69, 9.17) is 23.2 Å². The van der Waals surface area contributed by atoms with Gasteiger partial charge in [-0.3, -0.25) is 10.1 Å². The highest BCUT2D eigenvalue weighted by Crippen LogP contribution is 2.24. The molecule has 0 atom stereocenters. The van der Waals surface area contributed by atoms with E-state index < -0.39 is 0 Å². The first-order valence-corrected chi connectivity index (χ1v) is 9.10. The number of rotatable bonds is 5. The summed E-state index contributed by atoms with van der Waals surface area (Å²) in [5, 5.41) is 4.68. The molecule has 1 aromatic heterocycles. The van der Waals surface area contributed by atoms with Crippen molar-refractivity contribution in [3.63, 3.8) is 0 Å². The highest BCUT2D eigenvalue weighted by atomic mass is 35.5. The number of halogens is 2. The Morgan fingerprint density at radius 3 is 2.80 bits per heavy atom. The number of nitrogens with zero attached hydrogens (tertiary/aromatic N) is 1. The molecule has 2 aromatic carbocycles. The van der Waals surface area contributed by atoms with Gasteiger partial charge in [-0.2, -0.15) is 0 Å². The molecule has 6 heteroatoms. The third-order valence-electron chi connectivity index (χ3n) is 3.38. The molecule has 0 saturated carbocycles. The van der Waals surface area contributed by atoms with E-state index in [2.05, 4.69) is 10.3 Å². The van der Waals surface area contributed by atoms with Crippen molar-refractivity contribution in [2.75, 3.05) is 5.32 Å². The fourth-order valence-corrected chi connectivity index (χ4v) is 3.45. The lowest BCUT2D eigenvalue weighted by molar-refractivity contribution is -0.111. The van der Waals surface area contributed by atoms with Gasteiger partial charge in [0.25, 0.3) is 0 Å². The summed E-state index contributed by atoms with van der Waals surface area (Å²) in [4.78, 5) is 17.3. The third-order valence-corrected chi connectivity index (χ3v) is 4.90. The molecule has 0 fully saturated rings. The molecule has 1 amide bonds. The third kappa shape index (κ3) is 5.16. The van der Waals surface area contributed by atoms with Crippen LogP contribution in [0.15, 0.2) is 60.8 Å². The van der Waals surface area contributed by atoms with E-state index in [1.54, 1.807) is 24.4 Å². The molecule has 0 bridgehead atoms. The Bertz CT molecular complexity index is 921. The topological polar surface area (TPSA) is 42.0 Å². The highest BCUT2D eigenvalue weighted by Gasteiger charge is 2.07. The normalized spacial score (nSPS) is 11.0. The van der Waals surface area contributed by atoms with E-state index >= 15 is 0 Å². The van der Waals surface area contributed by atoms with Crippen LogP contribution in [-0.4, -0.2) is 10.9 Å². The molecule has 0 unspecified atom stereocenters. The summed E-state index contributed by atoms with van der Waals surface area (Å²) in [6.45, 7) is 0. The van der Waals surface area contributed by atoms with Crippen LogP contribution in [0, 0.1) is 0 Å². The summed E-state index contributed by atoms with van der Waals surface area (Å²) in [6.07, 6.45) is 5.61. The number of anilines is 1. The second kappa shape index (κ2) is 8.30. The average Bonchev–Trinajstić information content (AvgIpc) is 3.02. The molecule has 0 radical (unpaired) electrons. The summed E-state index contributed by atoms with van der Waals surface area (Å²) in [5.41, 5.74) is 1.90. The summed E-state index contributed by atoms with van der Waals surface area (Å²) >= 11 is 13.5. The molecule has 0 aliphatic carbocycles. The molecular formula is C19H14Cl2N2OS. The van der Waals surface area contributed by atoms with E-state index in [0.29, 0.717) is 16.6 Å². The molecule has 1 heterocycles. The summed E-state index contributed by atoms with van der Waals surface area (Å²) in [7, 11) is 0. The van der Waals surface area contributed by atoms with Crippen molar-refractivity contribution in [2.24, 2.45) is 0 Å². The van der Waals surface area contributed by atoms with Crippen molar-refractivity contribution in [1.82, 2.24) is 4.98 Å². The lowest BCUT2D eigenvalue weighted by Crippen LogP contribution is -2.07. The van der Waals surface area contributed by atoms with Gasteiger partial charge in [0.2, 0.25) is 5.91 Å². The number of amides is 1. The van der Waals surface area contributed by atoms with E-state index in [-0.39, 0.29) is 5.91 Å². The Hall–Kier alpha value is -2.14. The number of benzene rings is 2. The standard InChI is InChI=1S/C19H14Cl2N2OS/c20-15-6-3-4-13(10-15)8-9-18(24)23-19-22-12-16(25-19)11-14-5-1-2-7-17(14)21/h1-10,12H,11H2,(H,22,23,24). The Morgan fingerprint density at radius 1 is 1.16 bits per heavy atom. The molecule has 3 rings (SSSR count). The maximum absolute atomic E-state index is 12.0. The van der Waals surface area contributed by atoms with Gasteiger partial charge < -0.3 is 0 Å². The van der Waals surface area contributed by atoms with Gasteiger partial charge in [0.15, 0.2) is 5.13 Å². The Kier molecular flexibility index (Phi) is 5.87. The molecule has 0 aliphatic heterocycles. The summed E-state index contributed by atoms with van der Waals surface area (Å²) in [5.74, 6) is -0.237.